The van der Waals surface area contributed by atoms with Gasteiger partial charge < -0.3 is 5.73 Å². The number of nitrogens with two attached hydrogens (primary N) is 1. The average molecular weight is 303 g/mol. The van der Waals surface area contributed by atoms with Crippen LogP contribution in [0, 0.1) is 0 Å². The van der Waals surface area contributed by atoms with E-state index < -0.39 is 0 Å². The van der Waals surface area contributed by atoms with Crippen LogP contribution in [0.15, 0.2) is 18.2 Å². The third-order valence-corrected chi connectivity index (χ3v) is 3.06. The lowest BCUT2D eigenvalue weighted by Gasteiger charge is -2.08. The summed E-state index contributed by atoms with van der Waals surface area (Å²) in [5.74, 6) is -0.0355. The molecule has 18 heavy (non-hydrogen) atoms. The fourth-order valence-electron chi connectivity index (χ4n) is 1.45. The largest absolute Gasteiger partial charge is 0.368 e. The van der Waals surface area contributed by atoms with E-state index in [1.165, 1.54) is 0 Å². The Morgan fingerprint density at radius 2 is 1.89 bits per heavy atom. The number of rotatable bonds is 2. The average Bonchev–Trinajstić information content (AvgIpc) is 2.28. The number of nitrogen functional groups attached to an aromatic ring is 1. The predicted octanol–water partition coefficient (Wildman–Crippen LogP) is 3.50. The zero-order valence-corrected chi connectivity index (χ0v) is 11.1. The molecule has 0 atom stereocenters. The van der Waals surface area contributed by atoms with Gasteiger partial charge in [0.15, 0.2) is 6.29 Å². The number of benzene rings is 1. The lowest BCUT2D eigenvalue weighted by Crippen LogP contribution is -2.02. The van der Waals surface area contributed by atoms with Crippen LogP contribution in [-0.2, 0) is 0 Å². The number of hydrogen-bond acceptors (Lipinski definition) is 4. The summed E-state index contributed by atoms with van der Waals surface area (Å²) < 4.78 is 0. The number of anilines is 1. The molecular formula is C11H6Cl3N3O. The SMILES string of the molecule is Nc1nc(Cl)c(C=O)c(-c2ccc(Cl)cc2Cl)n1. The highest BCUT2D eigenvalue weighted by molar-refractivity contribution is 6.37. The van der Waals surface area contributed by atoms with Crippen LogP contribution >= 0.6 is 34.8 Å². The van der Waals surface area contributed by atoms with Gasteiger partial charge in [0, 0.05) is 10.6 Å². The highest BCUT2D eigenvalue weighted by Gasteiger charge is 2.15. The number of aromatic nitrogens is 2. The summed E-state index contributed by atoms with van der Waals surface area (Å²) in [4.78, 5) is 18.7. The van der Waals surface area contributed by atoms with Crippen molar-refractivity contribution in [3.63, 3.8) is 0 Å². The van der Waals surface area contributed by atoms with Crippen molar-refractivity contribution in [2.75, 3.05) is 5.73 Å². The summed E-state index contributed by atoms with van der Waals surface area (Å²) in [5.41, 5.74) is 6.44. The van der Waals surface area contributed by atoms with Crippen LogP contribution in [0.2, 0.25) is 15.2 Å². The first-order valence-corrected chi connectivity index (χ1v) is 5.90. The maximum atomic E-state index is 11.0. The Labute approximate surface area is 118 Å². The standard InChI is InChI=1S/C11H6Cl3N3O/c12-5-1-2-6(8(13)3-5)9-7(4-18)10(14)17-11(15)16-9/h1-4H,(H2,15,16,17). The molecule has 0 unspecified atom stereocenters. The Kier molecular flexibility index (Phi) is 3.71. The Morgan fingerprint density at radius 3 is 2.50 bits per heavy atom. The van der Waals surface area contributed by atoms with Crippen molar-refractivity contribution >= 4 is 47.0 Å². The van der Waals surface area contributed by atoms with Crippen molar-refractivity contribution < 1.29 is 4.79 Å². The van der Waals surface area contributed by atoms with Gasteiger partial charge in [-0.05, 0) is 18.2 Å². The van der Waals surface area contributed by atoms with Crippen LogP contribution in [0.4, 0.5) is 5.95 Å². The van der Waals surface area contributed by atoms with Crippen LogP contribution < -0.4 is 5.73 Å². The fraction of sp³-hybridized carbons (Fsp3) is 0. The van der Waals surface area contributed by atoms with E-state index in [2.05, 4.69) is 9.97 Å². The number of carbonyl (C=O) groups is 1. The zero-order chi connectivity index (χ0) is 13.3. The molecule has 0 aliphatic heterocycles. The number of halogens is 3. The molecule has 92 valence electrons. The van der Waals surface area contributed by atoms with Gasteiger partial charge in [-0.1, -0.05) is 34.8 Å². The molecular weight excluding hydrogens is 296 g/mol. The summed E-state index contributed by atoms with van der Waals surface area (Å²) in [5, 5.41) is 0.808. The van der Waals surface area contributed by atoms with Gasteiger partial charge in [-0.2, -0.15) is 0 Å². The Bertz CT molecular complexity index is 631. The number of nitrogens with zero attached hydrogens (tertiary/aromatic N) is 2. The summed E-state index contributed by atoms with van der Waals surface area (Å²) in [6, 6.07) is 4.80. The summed E-state index contributed by atoms with van der Waals surface area (Å²) in [6.07, 6.45) is 0.558. The van der Waals surface area contributed by atoms with Crippen LogP contribution in [0.3, 0.4) is 0 Å². The van der Waals surface area contributed by atoms with Crippen molar-refractivity contribution in [1.29, 1.82) is 0 Å². The van der Waals surface area contributed by atoms with Crippen molar-refractivity contribution in [2.24, 2.45) is 0 Å². The van der Waals surface area contributed by atoms with Crippen LogP contribution in [0.5, 0.6) is 0 Å². The molecule has 0 amide bonds. The molecule has 4 nitrogen and oxygen atoms in total. The first-order valence-electron chi connectivity index (χ1n) is 4.76. The summed E-state index contributed by atoms with van der Waals surface area (Å²) >= 11 is 17.7. The van der Waals surface area contributed by atoms with Crippen molar-refractivity contribution in [1.82, 2.24) is 9.97 Å². The highest BCUT2D eigenvalue weighted by atomic mass is 35.5. The van der Waals surface area contributed by atoms with Crippen LogP contribution in [-0.4, -0.2) is 16.3 Å². The van der Waals surface area contributed by atoms with E-state index >= 15 is 0 Å². The van der Waals surface area contributed by atoms with Gasteiger partial charge in [-0.3, -0.25) is 4.79 Å². The van der Waals surface area contributed by atoms with E-state index in [1.807, 2.05) is 0 Å². The molecule has 0 aliphatic rings. The molecule has 0 radical (unpaired) electrons. The molecule has 2 aromatic rings. The molecule has 1 aromatic heterocycles. The fourth-order valence-corrected chi connectivity index (χ4v) is 2.17. The first-order chi connectivity index (χ1) is 8.52. The Balaban J connectivity index is 2.73. The summed E-state index contributed by atoms with van der Waals surface area (Å²) in [6.45, 7) is 0. The third-order valence-electron chi connectivity index (χ3n) is 2.22. The van der Waals surface area contributed by atoms with Crippen LogP contribution in [0.25, 0.3) is 11.3 Å². The predicted molar refractivity (Wildman–Crippen MR) is 72.3 cm³/mol. The van der Waals surface area contributed by atoms with Gasteiger partial charge in [0.05, 0.1) is 16.3 Å². The molecule has 0 bridgehead atoms. The Hall–Kier alpha value is -1.36. The molecule has 1 heterocycles. The quantitative estimate of drug-likeness (QED) is 0.681. The molecule has 0 aliphatic carbocycles. The lowest BCUT2D eigenvalue weighted by atomic mass is 10.1. The maximum absolute atomic E-state index is 11.0. The molecule has 0 fully saturated rings. The third kappa shape index (κ3) is 2.41. The molecule has 2 rings (SSSR count). The van der Waals surface area contributed by atoms with Crippen molar-refractivity contribution in [3.05, 3.63) is 39.0 Å². The zero-order valence-electron chi connectivity index (χ0n) is 8.82. The minimum absolute atomic E-state index is 0.0153. The van der Waals surface area contributed by atoms with E-state index in [0.717, 1.165) is 0 Å². The smallest absolute Gasteiger partial charge is 0.222 e. The number of carbonyl (C=O) groups excluding carboxylic acids is 1. The van der Waals surface area contributed by atoms with Gasteiger partial charge in [-0.15, -0.1) is 0 Å². The summed E-state index contributed by atoms with van der Waals surface area (Å²) in [7, 11) is 0. The number of aldehydes is 1. The van der Waals surface area contributed by atoms with E-state index in [9.17, 15) is 4.79 Å². The minimum atomic E-state index is -0.0355. The molecule has 1 aromatic carbocycles. The van der Waals surface area contributed by atoms with Gasteiger partial charge in [0.1, 0.15) is 5.15 Å². The minimum Gasteiger partial charge on any atom is -0.368 e. The second-order valence-corrected chi connectivity index (χ2v) is 4.58. The maximum Gasteiger partial charge on any atom is 0.222 e. The molecule has 0 saturated carbocycles. The van der Waals surface area contributed by atoms with Gasteiger partial charge >= 0.3 is 0 Å². The van der Waals surface area contributed by atoms with Gasteiger partial charge in [0.2, 0.25) is 5.95 Å². The first kappa shape index (κ1) is 13.1. The van der Waals surface area contributed by atoms with E-state index in [-0.39, 0.29) is 22.4 Å². The van der Waals surface area contributed by atoms with Crippen LogP contribution in [0.1, 0.15) is 10.4 Å². The molecule has 2 N–H and O–H groups in total. The second kappa shape index (κ2) is 5.10. The molecule has 0 saturated heterocycles. The highest BCUT2D eigenvalue weighted by Crippen LogP contribution is 2.32. The molecule has 7 heteroatoms. The molecule has 0 spiro atoms. The van der Waals surface area contributed by atoms with Gasteiger partial charge in [0.25, 0.3) is 0 Å². The lowest BCUT2D eigenvalue weighted by molar-refractivity contribution is 0.112. The van der Waals surface area contributed by atoms with Crippen molar-refractivity contribution in [3.8, 4) is 11.3 Å². The second-order valence-electron chi connectivity index (χ2n) is 3.38. The van der Waals surface area contributed by atoms with E-state index in [0.29, 0.717) is 21.9 Å². The van der Waals surface area contributed by atoms with Gasteiger partial charge in [-0.25, -0.2) is 9.97 Å². The normalized spacial score (nSPS) is 10.4. The number of hydrogen-bond donors (Lipinski definition) is 1. The van der Waals surface area contributed by atoms with Crippen molar-refractivity contribution in [2.45, 2.75) is 0 Å². The van der Waals surface area contributed by atoms with E-state index in [4.69, 9.17) is 40.5 Å². The monoisotopic (exact) mass is 301 g/mol. The van der Waals surface area contributed by atoms with E-state index in [1.54, 1.807) is 18.2 Å². The topological polar surface area (TPSA) is 68.9 Å². The Morgan fingerprint density at radius 1 is 1.17 bits per heavy atom.